The zero-order valence-corrected chi connectivity index (χ0v) is 36.3. The largest absolute Gasteiger partial charge is 0.497 e. The maximum Gasteiger partial charge on any atom is 0.321 e. The average Bonchev–Trinajstić information content (AvgIpc) is 3.51. The van der Waals surface area contributed by atoms with E-state index in [1.54, 1.807) is 7.11 Å². The minimum Gasteiger partial charge on any atom is -0.497 e. The normalized spacial score (nSPS) is 28.4. The van der Waals surface area contributed by atoms with E-state index in [-0.39, 0.29) is 29.7 Å². The van der Waals surface area contributed by atoms with Gasteiger partial charge in [-0.25, -0.2) is 4.79 Å². The molecule has 7 nitrogen and oxygen atoms in total. The molecule has 2 amide bonds. The molecule has 10 rings (SSSR count). The lowest BCUT2D eigenvalue weighted by Crippen LogP contribution is -2.58. The molecule has 6 aliphatic carbocycles. The first kappa shape index (κ1) is 42.0. The Labute approximate surface area is 357 Å². The lowest BCUT2D eigenvalue weighted by molar-refractivity contribution is -0.117. The molecule has 4 aromatic carbocycles. The van der Waals surface area contributed by atoms with Crippen LogP contribution in [0.25, 0.3) is 11.1 Å². The minimum absolute atomic E-state index is 0.0550. The highest BCUT2D eigenvalue weighted by molar-refractivity contribution is 6.14. The summed E-state index contributed by atoms with van der Waals surface area (Å²) < 4.78 is 5.39. The molecule has 6 aliphatic rings. The molecule has 7 heteroatoms. The topological polar surface area (TPSA) is 99.1 Å². The first-order valence-corrected chi connectivity index (χ1v) is 22.4. The van der Waals surface area contributed by atoms with E-state index in [2.05, 4.69) is 51.2 Å². The number of nitrogens with one attached hydrogen (secondary N) is 1. The van der Waals surface area contributed by atoms with Crippen LogP contribution in [0.5, 0.6) is 5.75 Å². The van der Waals surface area contributed by atoms with Crippen molar-refractivity contribution in [3.8, 4) is 16.9 Å². The maximum absolute atomic E-state index is 15.2. The van der Waals surface area contributed by atoms with Crippen LogP contribution >= 0.6 is 0 Å². The summed E-state index contributed by atoms with van der Waals surface area (Å²) in [5, 5.41) is 27.8. The van der Waals surface area contributed by atoms with Gasteiger partial charge in [-0.1, -0.05) is 99.2 Å². The van der Waals surface area contributed by atoms with Crippen molar-refractivity contribution < 1.29 is 24.5 Å². The Morgan fingerprint density at radius 2 is 1.62 bits per heavy atom. The van der Waals surface area contributed by atoms with Gasteiger partial charge in [0.25, 0.3) is 0 Å². The summed E-state index contributed by atoms with van der Waals surface area (Å²) in [4.78, 5) is 31.7. The lowest BCUT2D eigenvalue weighted by Gasteiger charge is -2.60. The number of aliphatic hydroxyl groups is 2. The summed E-state index contributed by atoms with van der Waals surface area (Å²) in [5.74, 6) is 2.14. The summed E-state index contributed by atoms with van der Waals surface area (Å²) in [6, 6.07) is 31.3. The van der Waals surface area contributed by atoms with E-state index in [1.165, 1.54) is 18.4 Å². The zero-order valence-electron chi connectivity index (χ0n) is 36.3. The second-order valence-electron chi connectivity index (χ2n) is 19.4. The van der Waals surface area contributed by atoms with Gasteiger partial charge in [0.1, 0.15) is 5.75 Å². The van der Waals surface area contributed by atoms with Crippen molar-refractivity contribution in [2.24, 2.45) is 28.6 Å². The van der Waals surface area contributed by atoms with Gasteiger partial charge in [0.2, 0.25) is 0 Å². The number of urea groups is 1. The second kappa shape index (κ2) is 17.0. The van der Waals surface area contributed by atoms with Crippen LogP contribution in [0, 0.1) is 28.6 Å². The number of hydrogen-bond donors (Lipinski definition) is 3. The van der Waals surface area contributed by atoms with Crippen LogP contribution in [-0.4, -0.2) is 58.8 Å². The number of fused-ring (bicyclic) bond motifs is 10. The number of carbonyl (C=O) groups excluding carboxylic acids is 2. The number of benzene rings is 4. The molecule has 60 heavy (non-hydrogen) atoms. The standard InChI is InChI=1S/C53H64N2O5/c1-35-12-11-28-52(4)47(44-26-18-36(30-41(56)23-17-35)31-46(44)49(57)45-16-10-9-15-43(45)37-13-7-6-8-14-37)27-29-53(52,59)34-55(33-38-19-20-39-32-48(38)51(39,2)3)50(58)54-40-21-24-42(60-5)25-22-40/h6-10,12-16,18,21-22,24-26,31,38-39,41,47-48,56,59H,11,17,19-20,23,27-30,32-34H2,1-5H3,(H,54,58)/t38-,39-,41-,47-,48-,52-,53+/m0/s1. The van der Waals surface area contributed by atoms with Gasteiger partial charge >= 0.3 is 6.03 Å². The summed E-state index contributed by atoms with van der Waals surface area (Å²) in [5.41, 5.74) is 5.22. The predicted octanol–water partition coefficient (Wildman–Crippen LogP) is 11.2. The summed E-state index contributed by atoms with van der Waals surface area (Å²) in [6.45, 7) is 9.91. The number of amides is 2. The van der Waals surface area contributed by atoms with Crippen LogP contribution in [0.4, 0.5) is 10.5 Å². The molecule has 4 fully saturated rings. The molecular formula is C53H64N2O5. The van der Waals surface area contributed by atoms with E-state index < -0.39 is 17.1 Å². The van der Waals surface area contributed by atoms with E-state index in [9.17, 15) is 15.0 Å². The van der Waals surface area contributed by atoms with Gasteiger partial charge in [0.05, 0.1) is 25.4 Å². The van der Waals surface area contributed by atoms with Gasteiger partial charge < -0.3 is 25.2 Å². The highest BCUT2D eigenvalue weighted by Crippen LogP contribution is 2.62. The number of methoxy groups -OCH3 is 1. The molecule has 7 atom stereocenters. The molecule has 0 radical (unpaired) electrons. The number of carbonyl (C=O) groups is 2. The first-order valence-electron chi connectivity index (χ1n) is 22.4. The molecule has 4 aromatic rings. The third-order valence-corrected chi connectivity index (χ3v) is 15.7. The molecule has 4 saturated carbocycles. The molecule has 0 unspecified atom stereocenters. The van der Waals surface area contributed by atoms with Crippen molar-refractivity contribution >= 4 is 17.5 Å². The van der Waals surface area contributed by atoms with E-state index in [4.69, 9.17) is 4.74 Å². The summed E-state index contributed by atoms with van der Waals surface area (Å²) in [6.07, 6.45) is 9.67. The summed E-state index contributed by atoms with van der Waals surface area (Å²) in [7, 11) is 1.63. The fourth-order valence-electron chi connectivity index (χ4n) is 11.8. The number of ketones is 1. The Bertz CT molecular complexity index is 2210. The Morgan fingerprint density at radius 1 is 0.867 bits per heavy atom. The smallest absolute Gasteiger partial charge is 0.321 e. The van der Waals surface area contributed by atoms with Crippen LogP contribution in [0.15, 0.2) is 109 Å². The number of nitrogens with zero attached hydrogens (tertiary/aromatic N) is 1. The van der Waals surface area contributed by atoms with Gasteiger partial charge in [-0.15, -0.1) is 0 Å². The van der Waals surface area contributed by atoms with Crippen LogP contribution in [0.1, 0.15) is 118 Å². The van der Waals surface area contributed by atoms with E-state index >= 15 is 4.79 Å². The van der Waals surface area contributed by atoms with Crippen molar-refractivity contribution in [1.82, 2.24) is 4.90 Å². The van der Waals surface area contributed by atoms with Crippen molar-refractivity contribution in [2.45, 2.75) is 110 Å². The van der Waals surface area contributed by atoms with Gasteiger partial charge in [-0.2, -0.15) is 0 Å². The fraction of sp³-hybridized carbons (Fsp3) is 0.472. The number of allylic oxidation sites excluding steroid dienone is 2. The van der Waals surface area contributed by atoms with Gasteiger partial charge in [0, 0.05) is 28.8 Å². The van der Waals surface area contributed by atoms with Crippen molar-refractivity contribution in [2.75, 3.05) is 25.5 Å². The zero-order chi connectivity index (χ0) is 42.2. The highest BCUT2D eigenvalue weighted by atomic mass is 16.5. The van der Waals surface area contributed by atoms with Crippen molar-refractivity contribution in [3.63, 3.8) is 0 Å². The number of hydrogen-bond acceptors (Lipinski definition) is 5. The average molecular weight is 809 g/mol. The Morgan fingerprint density at radius 3 is 2.35 bits per heavy atom. The Hall–Kier alpha value is -4.72. The van der Waals surface area contributed by atoms with E-state index in [0.717, 1.165) is 53.2 Å². The number of aliphatic hydroxyl groups excluding tert-OH is 1. The van der Waals surface area contributed by atoms with Gasteiger partial charge in [0.15, 0.2) is 5.78 Å². The SMILES string of the molecule is COc1ccc(NC(=O)N(C[C@@H]2CC[C@H]3C[C@@H]2C3(C)C)C[C@]2(O)CC[C@H]3c4ccc(cc4C(=O)c4ccccc4-c4ccccc4)C[C@@H](O)CCC(C)=CCC[C@@]32C)cc1. The first-order chi connectivity index (χ1) is 28.8. The molecule has 0 heterocycles. The van der Waals surface area contributed by atoms with Crippen molar-refractivity contribution in [3.05, 3.63) is 131 Å². The predicted molar refractivity (Wildman–Crippen MR) is 240 cm³/mol. The quantitative estimate of drug-likeness (QED) is 0.116. The van der Waals surface area contributed by atoms with Crippen LogP contribution in [0.3, 0.4) is 0 Å². The molecule has 4 bridgehead atoms. The molecular weight excluding hydrogens is 745 g/mol. The number of ether oxygens (including phenoxy) is 1. The molecule has 0 aliphatic heterocycles. The van der Waals surface area contributed by atoms with Crippen LogP contribution in [-0.2, 0) is 6.42 Å². The molecule has 0 aromatic heterocycles. The maximum atomic E-state index is 15.2. The van der Waals surface area contributed by atoms with Crippen molar-refractivity contribution in [1.29, 1.82) is 0 Å². The van der Waals surface area contributed by atoms with E-state index in [1.807, 2.05) is 89.8 Å². The molecule has 3 N–H and O–H groups in total. The lowest BCUT2D eigenvalue weighted by atomic mass is 9.45. The van der Waals surface area contributed by atoms with Crippen LogP contribution in [0.2, 0.25) is 0 Å². The monoisotopic (exact) mass is 808 g/mol. The summed E-state index contributed by atoms with van der Waals surface area (Å²) >= 11 is 0. The third kappa shape index (κ3) is 8.08. The second-order valence-corrected chi connectivity index (χ2v) is 19.4. The number of rotatable bonds is 9. The molecule has 0 saturated heterocycles. The molecule has 0 spiro atoms. The third-order valence-electron chi connectivity index (χ3n) is 15.7. The number of anilines is 1. The Kier molecular flexibility index (Phi) is 11.9. The highest BCUT2D eigenvalue weighted by Gasteiger charge is 2.59. The fourth-order valence-corrected chi connectivity index (χ4v) is 11.8. The van der Waals surface area contributed by atoms with Gasteiger partial charge in [-0.3, -0.25) is 4.79 Å². The van der Waals surface area contributed by atoms with E-state index in [0.29, 0.717) is 67.3 Å². The van der Waals surface area contributed by atoms with Gasteiger partial charge in [-0.05, 0) is 153 Å². The van der Waals surface area contributed by atoms with Crippen LogP contribution < -0.4 is 10.1 Å². The molecule has 316 valence electrons. The Balaban J connectivity index is 1.19. The minimum atomic E-state index is -1.24.